The second-order valence-corrected chi connectivity index (χ2v) is 7.47. The molecule has 0 saturated heterocycles. The van der Waals surface area contributed by atoms with Gasteiger partial charge in [-0.15, -0.1) is 0 Å². The zero-order chi connectivity index (χ0) is 21.3. The van der Waals surface area contributed by atoms with Gasteiger partial charge < -0.3 is 13.9 Å². The lowest BCUT2D eigenvalue weighted by molar-refractivity contribution is 0.0734. The number of hydrogen-bond donors (Lipinski definition) is 0. The van der Waals surface area contributed by atoms with Crippen LogP contribution in [0.1, 0.15) is 16.1 Å². The molecule has 4 rings (SSSR count). The molecule has 0 aliphatic heterocycles. The largest absolute Gasteiger partial charge is 0.497 e. The van der Waals surface area contributed by atoms with Crippen LogP contribution in [0.5, 0.6) is 11.5 Å². The van der Waals surface area contributed by atoms with E-state index in [1.165, 1.54) is 0 Å². The summed E-state index contributed by atoms with van der Waals surface area (Å²) in [6.45, 7) is 1.74. The Hall–Kier alpha value is -3.38. The Kier molecular flexibility index (Phi) is 5.42. The van der Waals surface area contributed by atoms with E-state index in [1.807, 2.05) is 18.2 Å². The standard InChI is InChI=1S/C24H17BrO5/c1-14-22(15-7-9-16(28-2)10-8-15)23(26)19-12-11-17(13-21(19)29-14)30-24(27)18-5-3-4-6-20(18)25/h3-13H,1-2H3. The zero-order valence-corrected chi connectivity index (χ0v) is 17.9. The molecule has 0 unspecified atom stereocenters. The van der Waals surface area contributed by atoms with Crippen LogP contribution < -0.4 is 14.9 Å². The van der Waals surface area contributed by atoms with Gasteiger partial charge in [-0.3, -0.25) is 4.79 Å². The van der Waals surface area contributed by atoms with Gasteiger partial charge in [0.15, 0.2) is 0 Å². The minimum absolute atomic E-state index is 0.150. The quantitative estimate of drug-likeness (QED) is 0.283. The number of benzene rings is 3. The monoisotopic (exact) mass is 464 g/mol. The summed E-state index contributed by atoms with van der Waals surface area (Å²) >= 11 is 3.34. The van der Waals surface area contributed by atoms with Gasteiger partial charge in [0.2, 0.25) is 5.43 Å². The van der Waals surface area contributed by atoms with Crippen molar-refractivity contribution in [1.82, 2.24) is 0 Å². The summed E-state index contributed by atoms with van der Waals surface area (Å²) < 4.78 is 17.2. The van der Waals surface area contributed by atoms with Crippen molar-refractivity contribution in [3.8, 4) is 22.6 Å². The van der Waals surface area contributed by atoms with Crippen LogP contribution in [0.2, 0.25) is 0 Å². The second kappa shape index (κ2) is 8.16. The van der Waals surface area contributed by atoms with Crippen molar-refractivity contribution in [1.29, 1.82) is 0 Å². The summed E-state index contributed by atoms with van der Waals surface area (Å²) in [6.07, 6.45) is 0. The highest BCUT2D eigenvalue weighted by molar-refractivity contribution is 9.10. The molecule has 0 amide bonds. The van der Waals surface area contributed by atoms with Gasteiger partial charge in [0.1, 0.15) is 22.8 Å². The van der Waals surface area contributed by atoms with Crippen LogP contribution in [0, 0.1) is 6.92 Å². The van der Waals surface area contributed by atoms with Gasteiger partial charge in [-0.05, 0) is 64.8 Å². The molecule has 4 aromatic rings. The van der Waals surface area contributed by atoms with Gasteiger partial charge in [0.05, 0.1) is 23.6 Å². The van der Waals surface area contributed by atoms with E-state index in [0.717, 1.165) is 5.56 Å². The number of ether oxygens (including phenoxy) is 2. The third-order valence-electron chi connectivity index (χ3n) is 4.72. The highest BCUT2D eigenvalue weighted by Crippen LogP contribution is 2.28. The number of aryl methyl sites for hydroxylation is 1. The molecule has 0 saturated carbocycles. The number of esters is 1. The maximum absolute atomic E-state index is 13.1. The Labute approximate surface area is 181 Å². The van der Waals surface area contributed by atoms with Crippen LogP contribution in [0.15, 0.2) is 80.4 Å². The molecule has 5 nitrogen and oxygen atoms in total. The van der Waals surface area contributed by atoms with Crippen molar-refractivity contribution in [2.24, 2.45) is 0 Å². The van der Waals surface area contributed by atoms with Crippen LogP contribution in [0.25, 0.3) is 22.1 Å². The molecule has 0 atom stereocenters. The lowest BCUT2D eigenvalue weighted by Gasteiger charge is -2.10. The summed E-state index contributed by atoms with van der Waals surface area (Å²) in [5, 5.41) is 0.409. The number of carbonyl (C=O) groups excluding carboxylic acids is 1. The average molecular weight is 465 g/mol. The van der Waals surface area contributed by atoms with E-state index < -0.39 is 5.97 Å². The highest BCUT2D eigenvalue weighted by Gasteiger charge is 2.16. The molecule has 30 heavy (non-hydrogen) atoms. The van der Waals surface area contributed by atoms with Crippen LogP contribution in [0.3, 0.4) is 0 Å². The number of rotatable bonds is 4. The first-order valence-electron chi connectivity index (χ1n) is 9.16. The molecular formula is C24H17BrO5. The molecule has 150 valence electrons. The fourth-order valence-corrected chi connectivity index (χ4v) is 3.68. The smallest absolute Gasteiger partial charge is 0.344 e. The molecule has 0 N–H and O–H groups in total. The predicted molar refractivity (Wildman–Crippen MR) is 118 cm³/mol. The van der Waals surface area contributed by atoms with E-state index in [4.69, 9.17) is 13.9 Å². The lowest BCUT2D eigenvalue weighted by Crippen LogP contribution is -2.10. The minimum atomic E-state index is -0.504. The maximum Gasteiger partial charge on any atom is 0.344 e. The van der Waals surface area contributed by atoms with Gasteiger partial charge in [-0.1, -0.05) is 24.3 Å². The summed E-state index contributed by atoms with van der Waals surface area (Å²) in [7, 11) is 1.59. The van der Waals surface area contributed by atoms with E-state index in [9.17, 15) is 9.59 Å². The fourth-order valence-electron chi connectivity index (χ4n) is 3.23. The molecule has 1 heterocycles. The highest BCUT2D eigenvalue weighted by atomic mass is 79.9. The van der Waals surface area contributed by atoms with Crippen molar-refractivity contribution < 1.29 is 18.7 Å². The molecule has 3 aromatic carbocycles. The Morgan fingerprint density at radius 1 is 0.967 bits per heavy atom. The van der Waals surface area contributed by atoms with Crippen molar-refractivity contribution in [2.75, 3.05) is 7.11 Å². The lowest BCUT2D eigenvalue weighted by atomic mass is 10.0. The van der Waals surface area contributed by atoms with Crippen LogP contribution in [-0.2, 0) is 0 Å². The van der Waals surface area contributed by atoms with Gasteiger partial charge in [-0.25, -0.2) is 4.79 Å². The number of fused-ring (bicyclic) bond motifs is 1. The topological polar surface area (TPSA) is 65.7 Å². The van der Waals surface area contributed by atoms with Crippen LogP contribution in [0.4, 0.5) is 0 Å². The molecule has 0 spiro atoms. The first kappa shape index (κ1) is 19.9. The Morgan fingerprint density at radius 2 is 1.67 bits per heavy atom. The summed E-state index contributed by atoms with van der Waals surface area (Å²) in [4.78, 5) is 25.5. The first-order chi connectivity index (χ1) is 14.5. The van der Waals surface area contributed by atoms with Gasteiger partial charge in [0.25, 0.3) is 0 Å². The number of halogens is 1. The van der Waals surface area contributed by atoms with Gasteiger partial charge in [-0.2, -0.15) is 0 Å². The molecule has 0 radical (unpaired) electrons. The van der Waals surface area contributed by atoms with Crippen molar-refractivity contribution in [3.63, 3.8) is 0 Å². The number of hydrogen-bond acceptors (Lipinski definition) is 5. The Morgan fingerprint density at radius 3 is 2.37 bits per heavy atom. The van der Waals surface area contributed by atoms with Gasteiger partial charge >= 0.3 is 5.97 Å². The fraction of sp³-hybridized carbons (Fsp3) is 0.0833. The molecule has 0 aliphatic rings. The molecule has 0 fully saturated rings. The summed E-state index contributed by atoms with van der Waals surface area (Å²) in [5.74, 6) is 0.976. The molecule has 0 bridgehead atoms. The van der Waals surface area contributed by atoms with E-state index in [0.29, 0.717) is 43.8 Å². The molecule has 6 heteroatoms. The Balaban J connectivity index is 1.71. The predicted octanol–water partition coefficient (Wildman–Crippen LogP) is 5.76. The molecule has 1 aromatic heterocycles. The van der Waals surface area contributed by atoms with Crippen molar-refractivity contribution >= 4 is 32.9 Å². The van der Waals surface area contributed by atoms with Crippen LogP contribution >= 0.6 is 15.9 Å². The third-order valence-corrected chi connectivity index (χ3v) is 5.41. The zero-order valence-electron chi connectivity index (χ0n) is 16.3. The van der Waals surface area contributed by atoms with E-state index in [2.05, 4.69) is 15.9 Å². The van der Waals surface area contributed by atoms with E-state index in [1.54, 1.807) is 62.6 Å². The maximum atomic E-state index is 13.1. The average Bonchev–Trinajstić information content (AvgIpc) is 2.74. The summed E-state index contributed by atoms with van der Waals surface area (Å²) in [5.41, 5.74) is 1.84. The second-order valence-electron chi connectivity index (χ2n) is 6.62. The van der Waals surface area contributed by atoms with E-state index in [-0.39, 0.29) is 5.43 Å². The number of carbonyl (C=O) groups is 1. The van der Waals surface area contributed by atoms with Crippen molar-refractivity contribution in [3.05, 3.63) is 92.7 Å². The third kappa shape index (κ3) is 3.74. The summed E-state index contributed by atoms with van der Waals surface area (Å²) in [6, 6.07) is 19.0. The number of methoxy groups -OCH3 is 1. The first-order valence-corrected chi connectivity index (χ1v) is 9.96. The van der Waals surface area contributed by atoms with E-state index >= 15 is 0 Å². The van der Waals surface area contributed by atoms with Gasteiger partial charge in [0, 0.05) is 10.5 Å². The van der Waals surface area contributed by atoms with Crippen LogP contribution in [-0.4, -0.2) is 13.1 Å². The minimum Gasteiger partial charge on any atom is -0.497 e. The van der Waals surface area contributed by atoms with Crippen molar-refractivity contribution in [2.45, 2.75) is 6.92 Å². The molecule has 0 aliphatic carbocycles. The SMILES string of the molecule is COc1ccc(-c2c(C)oc3cc(OC(=O)c4ccccc4Br)ccc3c2=O)cc1. The Bertz CT molecular complexity index is 1310. The molecular weight excluding hydrogens is 448 g/mol. The normalized spacial score (nSPS) is 10.8.